The quantitative estimate of drug-likeness (QED) is 0.550. The van der Waals surface area contributed by atoms with Crippen LogP contribution in [0.25, 0.3) is 0 Å². The summed E-state index contributed by atoms with van der Waals surface area (Å²) in [6.45, 7) is 3.17. The number of hydrogen-bond acceptors (Lipinski definition) is 2. The lowest BCUT2D eigenvalue weighted by Crippen LogP contribution is -2.08. The summed E-state index contributed by atoms with van der Waals surface area (Å²) in [4.78, 5) is 0. The van der Waals surface area contributed by atoms with Gasteiger partial charge in [0, 0.05) is 8.88 Å². The molecule has 0 aromatic rings. The van der Waals surface area contributed by atoms with Gasteiger partial charge in [-0.05, 0) is 20.6 Å². The van der Waals surface area contributed by atoms with Gasteiger partial charge in [-0.2, -0.15) is 0 Å². The third-order valence-electron chi connectivity index (χ3n) is 0.479. The second-order valence-corrected chi connectivity index (χ2v) is 3.01. The first-order valence-electron chi connectivity index (χ1n) is 2.43. The van der Waals surface area contributed by atoms with Crippen molar-refractivity contribution in [2.45, 2.75) is 6.92 Å². The van der Waals surface area contributed by atoms with Gasteiger partial charge in [-0.3, -0.25) is 9.76 Å². The Balaban J connectivity index is 2.68. The highest BCUT2D eigenvalue weighted by atomic mass is 31.1. The molecular weight excluding hydrogens is 107 g/mol. The van der Waals surface area contributed by atoms with Crippen LogP contribution in [0.3, 0.4) is 0 Å². The molecule has 0 radical (unpaired) electrons. The van der Waals surface area contributed by atoms with E-state index in [4.69, 9.17) is 0 Å². The largest absolute Gasteiger partial charge is 0.286 e. The molecule has 7 heavy (non-hydrogen) atoms. The fourth-order valence-corrected chi connectivity index (χ4v) is 0.712. The van der Waals surface area contributed by atoms with Crippen LogP contribution in [-0.2, 0) is 0 Å². The van der Waals surface area contributed by atoms with E-state index in [-0.39, 0.29) is 0 Å². The van der Waals surface area contributed by atoms with E-state index in [0.717, 1.165) is 15.4 Å². The molecule has 1 N–H and O–H groups in total. The summed E-state index contributed by atoms with van der Waals surface area (Å²) in [7, 11) is 4.89. The molecule has 0 fully saturated rings. The second kappa shape index (κ2) is 4.51. The number of rotatable bonds is 3. The van der Waals surface area contributed by atoms with Crippen molar-refractivity contribution in [2.24, 2.45) is 0 Å². The standard InChI is InChI=1S/C4H13N2P/c1-4-5-7-6(2)3/h5,7H,4H2,1-3H3. The van der Waals surface area contributed by atoms with Crippen LogP contribution < -0.4 is 5.09 Å². The van der Waals surface area contributed by atoms with Crippen LogP contribution in [0.15, 0.2) is 0 Å². The van der Waals surface area contributed by atoms with Gasteiger partial charge in [0.2, 0.25) is 0 Å². The Kier molecular flexibility index (Phi) is 4.73. The molecule has 0 saturated carbocycles. The van der Waals surface area contributed by atoms with Gasteiger partial charge in [0.05, 0.1) is 0 Å². The molecule has 0 bridgehead atoms. The maximum absolute atomic E-state index is 3.20. The van der Waals surface area contributed by atoms with Crippen molar-refractivity contribution in [1.29, 1.82) is 0 Å². The Bertz CT molecular complexity index is 38.7. The Morgan fingerprint density at radius 2 is 2.14 bits per heavy atom. The molecule has 3 heteroatoms. The fraction of sp³-hybridized carbons (Fsp3) is 1.00. The topological polar surface area (TPSA) is 15.3 Å². The van der Waals surface area contributed by atoms with Crippen molar-refractivity contribution < 1.29 is 0 Å². The highest BCUT2D eigenvalue weighted by Crippen LogP contribution is 2.02. The molecule has 0 aromatic carbocycles. The lowest BCUT2D eigenvalue weighted by molar-refractivity contribution is 0.678. The molecule has 0 spiro atoms. The van der Waals surface area contributed by atoms with E-state index >= 15 is 0 Å². The van der Waals surface area contributed by atoms with Crippen LogP contribution in [-0.4, -0.2) is 25.3 Å². The fourth-order valence-electron chi connectivity index (χ4n) is 0.237. The van der Waals surface area contributed by atoms with E-state index < -0.39 is 0 Å². The SMILES string of the molecule is CCNPN(C)C. The van der Waals surface area contributed by atoms with Crippen molar-refractivity contribution in [3.63, 3.8) is 0 Å². The van der Waals surface area contributed by atoms with Crippen molar-refractivity contribution in [1.82, 2.24) is 9.76 Å². The van der Waals surface area contributed by atoms with E-state index in [1.165, 1.54) is 0 Å². The van der Waals surface area contributed by atoms with Crippen molar-refractivity contribution >= 4 is 8.88 Å². The summed E-state index contributed by atoms with van der Waals surface area (Å²) in [6, 6.07) is 0. The Labute approximate surface area is 47.2 Å². The molecule has 0 aromatic heterocycles. The summed E-state index contributed by atoms with van der Waals surface area (Å²) in [5, 5.41) is 3.20. The molecule has 1 unspecified atom stereocenters. The third-order valence-corrected chi connectivity index (χ3v) is 1.44. The van der Waals surface area contributed by atoms with Crippen molar-refractivity contribution in [3.05, 3.63) is 0 Å². The molecule has 0 heterocycles. The van der Waals surface area contributed by atoms with Gasteiger partial charge < -0.3 is 0 Å². The van der Waals surface area contributed by atoms with Crippen LogP contribution in [0.5, 0.6) is 0 Å². The van der Waals surface area contributed by atoms with Gasteiger partial charge in [0.15, 0.2) is 0 Å². The molecule has 0 saturated heterocycles. The van der Waals surface area contributed by atoms with E-state index in [2.05, 4.69) is 30.8 Å². The molecule has 0 aliphatic heterocycles. The second-order valence-electron chi connectivity index (χ2n) is 1.54. The minimum Gasteiger partial charge on any atom is -0.286 e. The summed E-state index contributed by atoms with van der Waals surface area (Å²) >= 11 is 0. The first kappa shape index (κ1) is 7.35. The van der Waals surface area contributed by atoms with E-state index in [9.17, 15) is 0 Å². The lowest BCUT2D eigenvalue weighted by Gasteiger charge is -2.07. The molecule has 0 amide bonds. The average Bonchev–Trinajstić information content (AvgIpc) is 1.61. The zero-order valence-electron chi connectivity index (χ0n) is 5.15. The van der Waals surface area contributed by atoms with Crippen LogP contribution in [0.4, 0.5) is 0 Å². The third kappa shape index (κ3) is 6.35. The summed E-state index contributed by atoms with van der Waals surface area (Å²) < 4.78 is 2.13. The highest BCUT2D eigenvalue weighted by Gasteiger charge is 1.81. The predicted octanol–water partition coefficient (Wildman–Crippen LogP) is 0.666. The Morgan fingerprint density at radius 3 is 2.29 bits per heavy atom. The summed E-state index contributed by atoms with van der Waals surface area (Å²) in [5.41, 5.74) is 0. The number of hydrogen-bond donors (Lipinski definition) is 1. The number of nitrogens with zero attached hydrogens (tertiary/aromatic N) is 1. The average molecular weight is 120 g/mol. The smallest absolute Gasteiger partial charge is 0.0206 e. The highest BCUT2D eigenvalue weighted by molar-refractivity contribution is 7.32. The van der Waals surface area contributed by atoms with Crippen LogP contribution in [0.1, 0.15) is 6.92 Å². The summed E-state index contributed by atoms with van der Waals surface area (Å²) in [5.74, 6) is 0. The first-order chi connectivity index (χ1) is 3.27. The van der Waals surface area contributed by atoms with Gasteiger partial charge in [-0.15, -0.1) is 0 Å². The monoisotopic (exact) mass is 120 g/mol. The van der Waals surface area contributed by atoms with Crippen molar-refractivity contribution in [2.75, 3.05) is 20.6 Å². The zero-order valence-corrected chi connectivity index (χ0v) is 6.15. The van der Waals surface area contributed by atoms with E-state index in [0.29, 0.717) is 0 Å². The predicted molar refractivity (Wildman–Crippen MR) is 35.7 cm³/mol. The van der Waals surface area contributed by atoms with Crippen molar-refractivity contribution in [3.8, 4) is 0 Å². The van der Waals surface area contributed by atoms with Gasteiger partial charge in [0.25, 0.3) is 0 Å². The Morgan fingerprint density at radius 1 is 1.57 bits per heavy atom. The normalized spacial score (nSPS) is 12.0. The molecule has 1 atom stereocenters. The van der Waals surface area contributed by atoms with E-state index in [1.54, 1.807) is 0 Å². The number of nitrogens with one attached hydrogen (secondary N) is 1. The van der Waals surface area contributed by atoms with Gasteiger partial charge in [-0.1, -0.05) is 6.92 Å². The van der Waals surface area contributed by atoms with Gasteiger partial charge in [0.1, 0.15) is 0 Å². The van der Waals surface area contributed by atoms with Crippen LogP contribution >= 0.6 is 8.88 Å². The lowest BCUT2D eigenvalue weighted by atomic mass is 10.8. The minimum atomic E-state index is 0.772. The Hall–Kier alpha value is 0.350. The van der Waals surface area contributed by atoms with Gasteiger partial charge >= 0.3 is 0 Å². The van der Waals surface area contributed by atoms with E-state index in [1.807, 2.05) is 0 Å². The molecule has 2 nitrogen and oxygen atoms in total. The maximum Gasteiger partial charge on any atom is 0.0206 e. The van der Waals surface area contributed by atoms with Gasteiger partial charge in [-0.25, -0.2) is 0 Å². The molecule has 0 aliphatic carbocycles. The maximum atomic E-state index is 3.20. The first-order valence-corrected chi connectivity index (χ1v) is 3.38. The van der Waals surface area contributed by atoms with Crippen LogP contribution in [0.2, 0.25) is 0 Å². The molecule has 44 valence electrons. The zero-order chi connectivity index (χ0) is 5.70. The molecule has 0 aliphatic rings. The minimum absolute atomic E-state index is 0.772. The van der Waals surface area contributed by atoms with Crippen LogP contribution in [0, 0.1) is 0 Å². The molecule has 0 rings (SSSR count). The summed E-state index contributed by atoms with van der Waals surface area (Å²) in [6.07, 6.45) is 0. The molecular formula is C4H13N2P.